The molecule has 1 atom stereocenters. The number of nitrogens with one attached hydrogen (secondary N) is 1. The number of hydrogen-bond acceptors (Lipinski definition) is 6. The summed E-state index contributed by atoms with van der Waals surface area (Å²) in [4.78, 5) is 29.7. The molecule has 0 aromatic heterocycles. The summed E-state index contributed by atoms with van der Waals surface area (Å²) in [5.74, 6) is -0.424. The summed E-state index contributed by atoms with van der Waals surface area (Å²) >= 11 is 12.7. The summed E-state index contributed by atoms with van der Waals surface area (Å²) in [6, 6.07) is 24.2. The molecule has 0 bridgehead atoms. The van der Waals surface area contributed by atoms with Gasteiger partial charge in [-0.05, 0) is 60.9 Å². The van der Waals surface area contributed by atoms with E-state index in [4.69, 9.17) is 32.7 Å². The largest absolute Gasteiger partial charge is 0.493 e. The number of anilines is 1. The first-order valence-corrected chi connectivity index (χ1v) is 17.5. The Morgan fingerprint density at radius 2 is 1.56 bits per heavy atom. The van der Waals surface area contributed by atoms with Crippen LogP contribution in [-0.2, 0) is 32.6 Å². The molecular weight excluding hydrogens is 673 g/mol. The van der Waals surface area contributed by atoms with Crippen molar-refractivity contribution in [3.05, 3.63) is 118 Å². The lowest BCUT2D eigenvalue weighted by atomic mass is 10.0. The van der Waals surface area contributed by atoms with Gasteiger partial charge in [0.25, 0.3) is 10.0 Å². The number of benzene rings is 4. The van der Waals surface area contributed by atoms with E-state index in [0.717, 1.165) is 15.4 Å². The summed E-state index contributed by atoms with van der Waals surface area (Å²) in [6.07, 6.45) is 0.867. The van der Waals surface area contributed by atoms with Gasteiger partial charge in [-0.2, -0.15) is 0 Å². The van der Waals surface area contributed by atoms with Crippen LogP contribution in [0.2, 0.25) is 10.0 Å². The van der Waals surface area contributed by atoms with E-state index in [1.807, 2.05) is 44.2 Å². The van der Waals surface area contributed by atoms with Crippen LogP contribution in [0.1, 0.15) is 30.0 Å². The van der Waals surface area contributed by atoms with E-state index >= 15 is 0 Å². The fraction of sp³-hybridized carbons (Fsp3) is 0.278. The summed E-state index contributed by atoms with van der Waals surface area (Å²) in [6.45, 7) is 3.52. The van der Waals surface area contributed by atoms with Crippen molar-refractivity contribution in [3.63, 3.8) is 0 Å². The number of methoxy groups -OCH3 is 2. The number of halogens is 2. The Hall–Kier alpha value is -4.25. The Balaban J connectivity index is 1.83. The average molecular weight is 713 g/mol. The molecule has 0 fully saturated rings. The molecule has 0 aliphatic rings. The number of amides is 2. The van der Waals surface area contributed by atoms with Gasteiger partial charge < -0.3 is 19.7 Å². The van der Waals surface area contributed by atoms with Crippen LogP contribution in [0.25, 0.3) is 0 Å². The molecule has 1 unspecified atom stereocenters. The third-order valence-electron chi connectivity index (χ3n) is 7.72. The Morgan fingerprint density at radius 1 is 0.875 bits per heavy atom. The first-order chi connectivity index (χ1) is 23.0. The van der Waals surface area contributed by atoms with Crippen molar-refractivity contribution in [2.45, 2.75) is 44.2 Å². The molecule has 9 nitrogen and oxygen atoms in total. The topological polar surface area (TPSA) is 105 Å². The maximum atomic E-state index is 14.6. The summed E-state index contributed by atoms with van der Waals surface area (Å²) in [5, 5.41) is 3.64. The molecule has 48 heavy (non-hydrogen) atoms. The van der Waals surface area contributed by atoms with E-state index in [2.05, 4.69) is 5.32 Å². The number of aryl methyl sites for hydroxylation is 1. The summed E-state index contributed by atoms with van der Waals surface area (Å²) in [5.41, 5.74) is 2.54. The molecule has 2 amide bonds. The van der Waals surface area contributed by atoms with Gasteiger partial charge in [-0.15, -0.1) is 0 Å². The van der Waals surface area contributed by atoms with E-state index in [1.165, 1.54) is 37.3 Å². The molecule has 4 aromatic rings. The SMILES string of the molecule is CCCNC(=O)C(Cc1ccccc1)N(Cc1ccc(Cl)cc1Cl)C(=O)CN(c1ccc(C)cc1)S(=O)(=O)c1ccc(OC)c(OC)c1. The van der Waals surface area contributed by atoms with Crippen molar-refractivity contribution in [1.29, 1.82) is 0 Å². The summed E-state index contributed by atoms with van der Waals surface area (Å²) in [7, 11) is -1.49. The molecule has 0 saturated carbocycles. The van der Waals surface area contributed by atoms with E-state index in [0.29, 0.717) is 34.3 Å². The van der Waals surface area contributed by atoms with E-state index in [1.54, 1.807) is 42.5 Å². The number of carbonyl (C=O) groups excluding carboxylic acids is 2. The molecule has 4 rings (SSSR count). The van der Waals surface area contributed by atoms with Crippen LogP contribution in [0.5, 0.6) is 11.5 Å². The Labute approximate surface area is 292 Å². The van der Waals surface area contributed by atoms with Crippen LogP contribution in [0.15, 0.2) is 95.9 Å². The van der Waals surface area contributed by atoms with Crippen LogP contribution in [0, 0.1) is 6.92 Å². The second-order valence-corrected chi connectivity index (χ2v) is 13.8. The third kappa shape index (κ3) is 9.00. The van der Waals surface area contributed by atoms with Gasteiger partial charge in [-0.3, -0.25) is 13.9 Å². The van der Waals surface area contributed by atoms with E-state index in [-0.39, 0.29) is 35.2 Å². The zero-order chi connectivity index (χ0) is 34.8. The lowest BCUT2D eigenvalue weighted by Crippen LogP contribution is -2.53. The predicted octanol–water partition coefficient (Wildman–Crippen LogP) is 6.68. The predicted molar refractivity (Wildman–Crippen MR) is 190 cm³/mol. The second-order valence-electron chi connectivity index (χ2n) is 11.1. The smallest absolute Gasteiger partial charge is 0.264 e. The van der Waals surface area contributed by atoms with Gasteiger partial charge >= 0.3 is 0 Å². The zero-order valence-electron chi connectivity index (χ0n) is 27.3. The Kier molecular flexibility index (Phi) is 12.7. The average Bonchev–Trinajstić information content (AvgIpc) is 3.08. The van der Waals surface area contributed by atoms with Gasteiger partial charge in [-0.25, -0.2) is 8.42 Å². The number of hydrogen-bond donors (Lipinski definition) is 1. The Morgan fingerprint density at radius 3 is 2.19 bits per heavy atom. The van der Waals surface area contributed by atoms with Crippen molar-refractivity contribution in [1.82, 2.24) is 10.2 Å². The lowest BCUT2D eigenvalue weighted by molar-refractivity contribution is -0.140. The first-order valence-electron chi connectivity index (χ1n) is 15.3. The van der Waals surface area contributed by atoms with Crippen LogP contribution in [-0.4, -0.2) is 58.5 Å². The highest BCUT2D eigenvalue weighted by atomic mass is 35.5. The van der Waals surface area contributed by atoms with Crippen molar-refractivity contribution in [2.75, 3.05) is 31.6 Å². The normalized spacial score (nSPS) is 11.8. The molecular formula is C36H39Cl2N3O6S. The molecule has 12 heteroatoms. The number of sulfonamides is 1. The molecule has 4 aromatic carbocycles. The molecule has 0 aliphatic carbocycles. The van der Waals surface area contributed by atoms with Crippen molar-refractivity contribution < 1.29 is 27.5 Å². The van der Waals surface area contributed by atoms with Gasteiger partial charge in [0.05, 0.1) is 24.8 Å². The van der Waals surface area contributed by atoms with Crippen molar-refractivity contribution in [3.8, 4) is 11.5 Å². The van der Waals surface area contributed by atoms with Gasteiger partial charge in [0, 0.05) is 35.6 Å². The molecule has 0 radical (unpaired) electrons. The van der Waals surface area contributed by atoms with Crippen LogP contribution >= 0.6 is 23.2 Å². The minimum absolute atomic E-state index is 0.0793. The standard InChI is InChI=1S/C36H39Cl2N3O6S/c1-5-19-39-36(43)32(20-26-9-7-6-8-10-26)40(23-27-13-14-28(37)21-31(27)38)35(42)24-41(29-15-11-25(2)12-16-29)48(44,45)30-17-18-33(46-3)34(22-30)47-4/h6-18,21-22,32H,5,19-20,23-24H2,1-4H3,(H,39,43). The minimum atomic E-state index is -4.35. The highest BCUT2D eigenvalue weighted by Gasteiger charge is 2.35. The van der Waals surface area contributed by atoms with E-state index in [9.17, 15) is 18.0 Å². The first kappa shape index (κ1) is 36.6. The molecule has 0 spiro atoms. The quantitative estimate of drug-likeness (QED) is 0.148. The zero-order valence-corrected chi connectivity index (χ0v) is 29.6. The van der Waals surface area contributed by atoms with Crippen LogP contribution in [0.3, 0.4) is 0 Å². The number of ether oxygens (including phenoxy) is 2. The summed E-state index contributed by atoms with van der Waals surface area (Å²) < 4.78 is 40.5. The number of nitrogens with zero attached hydrogens (tertiary/aromatic N) is 2. The van der Waals surface area contributed by atoms with E-state index < -0.39 is 28.5 Å². The van der Waals surface area contributed by atoms with Crippen molar-refractivity contribution in [2.24, 2.45) is 0 Å². The molecule has 0 heterocycles. The monoisotopic (exact) mass is 711 g/mol. The highest BCUT2D eigenvalue weighted by Crippen LogP contribution is 2.33. The molecule has 1 N–H and O–H groups in total. The molecule has 0 aliphatic heterocycles. The Bertz CT molecular complexity index is 1820. The molecule has 254 valence electrons. The maximum Gasteiger partial charge on any atom is 0.264 e. The van der Waals surface area contributed by atoms with Gasteiger partial charge in [-0.1, -0.05) is 84.2 Å². The minimum Gasteiger partial charge on any atom is -0.493 e. The third-order valence-corrected chi connectivity index (χ3v) is 10.1. The lowest BCUT2D eigenvalue weighted by Gasteiger charge is -2.34. The maximum absolute atomic E-state index is 14.6. The number of carbonyl (C=O) groups is 2. The highest BCUT2D eigenvalue weighted by molar-refractivity contribution is 7.92. The van der Waals surface area contributed by atoms with Gasteiger partial charge in [0.15, 0.2) is 11.5 Å². The molecule has 0 saturated heterocycles. The number of rotatable bonds is 15. The van der Waals surface area contributed by atoms with Gasteiger partial charge in [0.1, 0.15) is 12.6 Å². The second kappa shape index (κ2) is 16.7. The van der Waals surface area contributed by atoms with Crippen molar-refractivity contribution >= 4 is 50.7 Å². The van der Waals surface area contributed by atoms with Crippen LogP contribution < -0.4 is 19.1 Å². The van der Waals surface area contributed by atoms with Crippen LogP contribution in [0.4, 0.5) is 5.69 Å². The fourth-order valence-corrected chi connectivity index (χ4v) is 7.00. The fourth-order valence-electron chi connectivity index (χ4n) is 5.10. The van der Waals surface area contributed by atoms with Gasteiger partial charge in [0.2, 0.25) is 11.8 Å².